The van der Waals surface area contributed by atoms with E-state index >= 15 is 0 Å². The molecule has 3 heterocycles. The van der Waals surface area contributed by atoms with Gasteiger partial charge in [-0.25, -0.2) is 0 Å². The van der Waals surface area contributed by atoms with Crippen molar-refractivity contribution >= 4 is 22.9 Å². The van der Waals surface area contributed by atoms with Crippen LogP contribution in [-0.4, -0.2) is 44.4 Å². The van der Waals surface area contributed by atoms with Gasteiger partial charge in [0.05, 0.1) is 31.0 Å². The second-order valence-corrected chi connectivity index (χ2v) is 9.05. The van der Waals surface area contributed by atoms with Crippen LogP contribution in [0.15, 0.2) is 42.5 Å². The van der Waals surface area contributed by atoms with E-state index < -0.39 is 17.3 Å². The number of hydrogen-bond donors (Lipinski definition) is 1. The number of rotatable bonds is 3. The molecule has 5 rings (SSSR count). The second kappa shape index (κ2) is 9.11. The number of amides is 1. The van der Waals surface area contributed by atoms with E-state index in [2.05, 4.69) is 17.1 Å². The number of hydrogen-bond acceptors (Lipinski definition) is 5. The highest BCUT2D eigenvalue weighted by molar-refractivity contribution is 6.05. The average molecular weight is 489 g/mol. The predicted octanol–water partition coefficient (Wildman–Crippen LogP) is 5.28. The molecule has 1 fully saturated rings. The Kier molecular flexibility index (Phi) is 6.13. The van der Waals surface area contributed by atoms with Gasteiger partial charge in [0.15, 0.2) is 0 Å². The normalized spacial score (nSPS) is 20.0. The molecule has 2 aromatic carbocycles. The largest absolute Gasteiger partial charge is 0.490 e. The summed E-state index contributed by atoms with van der Waals surface area (Å²) >= 11 is 0. The van der Waals surface area contributed by atoms with Gasteiger partial charge in [0, 0.05) is 43.1 Å². The van der Waals surface area contributed by atoms with Gasteiger partial charge in [-0.1, -0.05) is 6.07 Å². The molecule has 3 aliphatic rings. The van der Waals surface area contributed by atoms with Gasteiger partial charge >= 0.3 is 6.18 Å². The minimum absolute atomic E-state index is 0.150. The molecule has 3 aliphatic heterocycles. The van der Waals surface area contributed by atoms with E-state index in [4.69, 9.17) is 14.2 Å². The fourth-order valence-corrected chi connectivity index (χ4v) is 4.93. The average Bonchev–Trinajstić information content (AvgIpc) is 2.83. The summed E-state index contributed by atoms with van der Waals surface area (Å²) < 4.78 is 57.3. The topological polar surface area (TPSA) is 60.0 Å². The van der Waals surface area contributed by atoms with E-state index in [9.17, 15) is 18.0 Å². The van der Waals surface area contributed by atoms with E-state index in [1.165, 1.54) is 12.1 Å². The maximum Gasteiger partial charge on any atom is 0.416 e. The molecule has 1 spiro atoms. The summed E-state index contributed by atoms with van der Waals surface area (Å²) in [5, 5.41) is 2.90. The molecule has 0 aliphatic carbocycles. The highest BCUT2D eigenvalue weighted by Crippen LogP contribution is 2.46. The Balaban J connectivity index is 1.45. The van der Waals surface area contributed by atoms with Crippen LogP contribution in [-0.2, 0) is 15.7 Å². The number of carbonyl (C=O) groups is 1. The number of fused-ring (bicyclic) bond motifs is 2. The first-order valence-electron chi connectivity index (χ1n) is 11.8. The number of nitrogens with zero attached hydrogens (tertiary/aromatic N) is 1. The van der Waals surface area contributed by atoms with Gasteiger partial charge in [-0.2, -0.15) is 13.2 Å². The highest BCUT2D eigenvalue weighted by atomic mass is 19.4. The lowest BCUT2D eigenvalue weighted by atomic mass is 9.81. The zero-order chi connectivity index (χ0) is 24.6. The molecule has 6 nitrogen and oxygen atoms in total. The summed E-state index contributed by atoms with van der Waals surface area (Å²) in [6.45, 7) is 5.18. The molecular formula is C26H27F3N2O4. The molecule has 2 aromatic rings. The van der Waals surface area contributed by atoms with E-state index in [1.54, 1.807) is 6.07 Å². The molecule has 35 heavy (non-hydrogen) atoms. The van der Waals surface area contributed by atoms with E-state index in [0.717, 1.165) is 36.7 Å². The Hall–Kier alpha value is -3.20. The summed E-state index contributed by atoms with van der Waals surface area (Å²) in [5.41, 5.74) is 1.22. The maximum atomic E-state index is 13.3. The summed E-state index contributed by atoms with van der Waals surface area (Å²) in [6.07, 6.45) is -1.51. The minimum Gasteiger partial charge on any atom is -0.490 e. The van der Waals surface area contributed by atoms with Crippen LogP contribution >= 0.6 is 0 Å². The number of alkyl halides is 3. The van der Waals surface area contributed by atoms with E-state index in [0.29, 0.717) is 55.9 Å². The quantitative estimate of drug-likeness (QED) is 0.596. The first-order valence-corrected chi connectivity index (χ1v) is 11.8. The third-order valence-corrected chi connectivity index (χ3v) is 6.77. The van der Waals surface area contributed by atoms with Crippen molar-refractivity contribution in [3.05, 3.63) is 53.6 Å². The van der Waals surface area contributed by atoms with Gasteiger partial charge in [-0.3, -0.25) is 4.79 Å². The Morgan fingerprint density at radius 3 is 2.66 bits per heavy atom. The van der Waals surface area contributed by atoms with Crippen molar-refractivity contribution in [1.29, 1.82) is 0 Å². The van der Waals surface area contributed by atoms with Crippen LogP contribution in [0, 0.1) is 0 Å². The van der Waals surface area contributed by atoms with Gasteiger partial charge in [0.1, 0.15) is 23.7 Å². The van der Waals surface area contributed by atoms with Crippen LogP contribution in [0.4, 0.5) is 24.5 Å². The number of halogens is 3. The van der Waals surface area contributed by atoms with Crippen molar-refractivity contribution in [3.63, 3.8) is 0 Å². The zero-order valence-corrected chi connectivity index (χ0v) is 19.4. The molecule has 1 saturated heterocycles. The lowest BCUT2D eigenvalue weighted by molar-refractivity contribution is -0.138. The fraction of sp³-hybridized carbons (Fsp3) is 0.423. The number of nitrogens with one attached hydrogen (secondary N) is 1. The molecule has 9 heteroatoms. The van der Waals surface area contributed by atoms with Gasteiger partial charge in [0.25, 0.3) is 0 Å². The van der Waals surface area contributed by atoms with Crippen LogP contribution in [0.5, 0.6) is 11.5 Å². The third kappa shape index (κ3) is 4.82. The molecule has 0 bridgehead atoms. The smallest absolute Gasteiger partial charge is 0.416 e. The minimum atomic E-state index is -4.48. The molecule has 0 unspecified atom stereocenters. The Morgan fingerprint density at radius 2 is 1.91 bits per heavy atom. The Bertz CT molecular complexity index is 1160. The first kappa shape index (κ1) is 23.5. The highest BCUT2D eigenvalue weighted by Gasteiger charge is 2.41. The standard InChI is InChI=1S/C26H27F3N2O4/c1-2-31-9-12-34-22-6-4-19(15-21(22)31)30-24(32)13-17-16-25(7-10-33-11-8-25)35-23-14-18(26(27,28)29)3-5-20(17)23/h3-6,13-15H,2,7-12,16H2,1H3,(H,30,32). The summed E-state index contributed by atoms with van der Waals surface area (Å²) in [5.74, 6) is 0.570. The van der Waals surface area contributed by atoms with Crippen molar-refractivity contribution < 1.29 is 32.2 Å². The zero-order valence-electron chi connectivity index (χ0n) is 19.4. The number of likely N-dealkylation sites (N-methyl/N-ethyl adjacent to an activating group) is 1. The molecule has 0 atom stereocenters. The molecule has 1 amide bonds. The summed E-state index contributed by atoms with van der Waals surface area (Å²) in [4.78, 5) is 15.2. The van der Waals surface area contributed by atoms with Crippen molar-refractivity contribution in [2.75, 3.05) is 43.1 Å². The van der Waals surface area contributed by atoms with Gasteiger partial charge in [0.2, 0.25) is 5.91 Å². The van der Waals surface area contributed by atoms with Crippen LogP contribution in [0.3, 0.4) is 0 Å². The first-order chi connectivity index (χ1) is 16.8. The van der Waals surface area contributed by atoms with Crippen molar-refractivity contribution in [2.45, 2.75) is 38.0 Å². The van der Waals surface area contributed by atoms with E-state index in [-0.39, 0.29) is 11.7 Å². The molecule has 0 radical (unpaired) electrons. The van der Waals surface area contributed by atoms with Crippen molar-refractivity contribution in [3.8, 4) is 11.5 Å². The lowest BCUT2D eigenvalue weighted by Crippen LogP contribution is -2.44. The molecule has 1 N–H and O–H groups in total. The molecular weight excluding hydrogens is 461 g/mol. The summed E-state index contributed by atoms with van der Waals surface area (Å²) in [7, 11) is 0. The predicted molar refractivity (Wildman–Crippen MR) is 126 cm³/mol. The number of carbonyl (C=O) groups excluding carboxylic acids is 1. The monoisotopic (exact) mass is 488 g/mol. The fourth-order valence-electron chi connectivity index (χ4n) is 4.93. The van der Waals surface area contributed by atoms with Crippen molar-refractivity contribution in [1.82, 2.24) is 0 Å². The van der Waals surface area contributed by atoms with Crippen molar-refractivity contribution in [2.24, 2.45) is 0 Å². The van der Waals surface area contributed by atoms with E-state index in [1.807, 2.05) is 12.1 Å². The summed E-state index contributed by atoms with van der Waals surface area (Å²) in [6, 6.07) is 8.93. The van der Waals surface area contributed by atoms with Gasteiger partial charge in [-0.15, -0.1) is 0 Å². The molecule has 0 saturated carbocycles. The molecule has 0 aromatic heterocycles. The maximum absolute atomic E-state index is 13.3. The Morgan fingerprint density at radius 1 is 1.11 bits per heavy atom. The van der Waals surface area contributed by atoms with Gasteiger partial charge < -0.3 is 24.4 Å². The van der Waals surface area contributed by atoms with Crippen LogP contribution in [0.1, 0.15) is 37.3 Å². The van der Waals surface area contributed by atoms with Gasteiger partial charge in [-0.05, 0) is 42.8 Å². The third-order valence-electron chi connectivity index (χ3n) is 6.77. The number of benzene rings is 2. The molecule has 186 valence electrons. The number of anilines is 2. The van der Waals surface area contributed by atoms with Crippen LogP contribution in [0.2, 0.25) is 0 Å². The van der Waals surface area contributed by atoms with Crippen LogP contribution in [0.25, 0.3) is 5.57 Å². The second-order valence-electron chi connectivity index (χ2n) is 9.05. The lowest BCUT2D eigenvalue weighted by Gasteiger charge is -2.42. The Labute approximate surface area is 201 Å². The number of ether oxygens (including phenoxy) is 3. The SMILES string of the molecule is CCN1CCOc2ccc(NC(=O)C=C3CC4(CCOCC4)Oc4cc(C(F)(F)F)ccc43)cc21. The van der Waals surface area contributed by atoms with Crippen LogP contribution < -0.4 is 19.7 Å².